The topological polar surface area (TPSA) is 29.5 Å². The van der Waals surface area contributed by atoms with E-state index in [4.69, 9.17) is 16.3 Å². The SMILES string of the molecule is O=C(C1C2COCC21)N1CCCC(Cl)C1. The van der Waals surface area contributed by atoms with Crippen molar-refractivity contribution in [1.82, 2.24) is 4.90 Å². The van der Waals surface area contributed by atoms with Gasteiger partial charge in [0.15, 0.2) is 0 Å². The van der Waals surface area contributed by atoms with Gasteiger partial charge < -0.3 is 9.64 Å². The molecule has 3 fully saturated rings. The molecule has 4 heteroatoms. The van der Waals surface area contributed by atoms with Crippen LogP contribution in [0, 0.1) is 17.8 Å². The highest BCUT2D eigenvalue weighted by molar-refractivity contribution is 6.20. The summed E-state index contributed by atoms with van der Waals surface area (Å²) in [5.74, 6) is 1.64. The van der Waals surface area contributed by atoms with E-state index in [1.54, 1.807) is 0 Å². The predicted octanol–water partition coefficient (Wildman–Crippen LogP) is 1.11. The quantitative estimate of drug-likeness (QED) is 0.631. The van der Waals surface area contributed by atoms with Crippen molar-refractivity contribution in [3.63, 3.8) is 0 Å². The van der Waals surface area contributed by atoms with Gasteiger partial charge in [-0.2, -0.15) is 0 Å². The maximum Gasteiger partial charge on any atom is 0.226 e. The van der Waals surface area contributed by atoms with Crippen LogP contribution in [-0.2, 0) is 9.53 Å². The Morgan fingerprint density at radius 3 is 2.73 bits per heavy atom. The van der Waals surface area contributed by atoms with Gasteiger partial charge in [-0.25, -0.2) is 0 Å². The maximum atomic E-state index is 12.1. The first-order valence-corrected chi connectivity index (χ1v) is 6.21. The summed E-state index contributed by atoms with van der Waals surface area (Å²) in [4.78, 5) is 14.1. The lowest BCUT2D eigenvalue weighted by molar-refractivity contribution is -0.134. The highest BCUT2D eigenvalue weighted by Gasteiger charge is 2.58. The minimum atomic E-state index is 0.164. The minimum absolute atomic E-state index is 0.164. The highest BCUT2D eigenvalue weighted by atomic mass is 35.5. The van der Waals surface area contributed by atoms with Crippen molar-refractivity contribution in [2.45, 2.75) is 18.2 Å². The maximum absolute atomic E-state index is 12.1. The Bertz CT molecular complexity index is 274. The number of carbonyl (C=O) groups excluding carboxylic acids is 1. The third-order valence-corrected chi connectivity index (χ3v) is 4.27. The van der Waals surface area contributed by atoms with Crippen molar-refractivity contribution in [1.29, 1.82) is 0 Å². The van der Waals surface area contributed by atoms with Gasteiger partial charge in [0.1, 0.15) is 0 Å². The third kappa shape index (κ3) is 1.66. The smallest absolute Gasteiger partial charge is 0.226 e. The van der Waals surface area contributed by atoms with Crippen LogP contribution in [-0.4, -0.2) is 42.5 Å². The molecule has 0 bridgehead atoms. The van der Waals surface area contributed by atoms with E-state index in [1.807, 2.05) is 4.90 Å². The molecule has 3 unspecified atom stereocenters. The van der Waals surface area contributed by atoms with Gasteiger partial charge in [0.2, 0.25) is 5.91 Å². The molecule has 2 aliphatic heterocycles. The minimum Gasteiger partial charge on any atom is -0.381 e. The van der Waals surface area contributed by atoms with E-state index >= 15 is 0 Å². The molecule has 3 nitrogen and oxygen atoms in total. The van der Waals surface area contributed by atoms with Gasteiger partial charge in [-0.15, -0.1) is 11.6 Å². The molecule has 0 radical (unpaired) electrons. The number of nitrogens with zero attached hydrogens (tertiary/aromatic N) is 1. The molecule has 1 saturated carbocycles. The van der Waals surface area contributed by atoms with Gasteiger partial charge in [0.05, 0.1) is 18.6 Å². The average molecular weight is 230 g/mol. The fourth-order valence-corrected chi connectivity index (χ4v) is 3.26. The lowest BCUT2D eigenvalue weighted by Crippen LogP contribution is -2.42. The highest BCUT2D eigenvalue weighted by Crippen LogP contribution is 2.51. The first kappa shape index (κ1) is 9.91. The average Bonchev–Trinajstić information content (AvgIpc) is 2.70. The normalized spacial score (nSPS) is 43.9. The van der Waals surface area contributed by atoms with Crippen molar-refractivity contribution >= 4 is 17.5 Å². The number of hydrogen-bond acceptors (Lipinski definition) is 2. The second kappa shape index (κ2) is 3.63. The van der Waals surface area contributed by atoms with Crippen LogP contribution < -0.4 is 0 Å². The van der Waals surface area contributed by atoms with Crippen molar-refractivity contribution in [2.75, 3.05) is 26.3 Å². The standard InChI is InChI=1S/C11H16ClNO2/c12-7-2-1-3-13(4-7)11(14)10-8-5-15-6-9(8)10/h7-10H,1-6H2. The number of carbonyl (C=O) groups is 1. The summed E-state index contributed by atoms with van der Waals surface area (Å²) in [6.45, 7) is 3.23. The lowest BCUT2D eigenvalue weighted by Gasteiger charge is -2.30. The Balaban J connectivity index is 1.60. The molecule has 15 heavy (non-hydrogen) atoms. The Morgan fingerprint density at radius 2 is 2.07 bits per heavy atom. The van der Waals surface area contributed by atoms with Crippen LogP contribution in [0.15, 0.2) is 0 Å². The number of piperidine rings is 1. The Kier molecular flexibility index (Phi) is 2.40. The Labute approximate surface area is 94.7 Å². The van der Waals surface area contributed by atoms with Crippen LogP contribution in [0.4, 0.5) is 0 Å². The largest absolute Gasteiger partial charge is 0.381 e. The molecule has 0 aromatic carbocycles. The zero-order valence-corrected chi connectivity index (χ0v) is 9.45. The van der Waals surface area contributed by atoms with Crippen LogP contribution >= 0.6 is 11.6 Å². The van der Waals surface area contributed by atoms with E-state index in [9.17, 15) is 4.79 Å². The van der Waals surface area contributed by atoms with Crippen molar-refractivity contribution < 1.29 is 9.53 Å². The van der Waals surface area contributed by atoms with Gasteiger partial charge >= 0.3 is 0 Å². The lowest BCUT2D eigenvalue weighted by atomic mass is 10.1. The Hall–Kier alpha value is -0.280. The molecular formula is C11H16ClNO2. The summed E-state index contributed by atoms with van der Waals surface area (Å²) in [5.41, 5.74) is 0. The molecule has 0 aromatic heterocycles. The Morgan fingerprint density at radius 1 is 1.33 bits per heavy atom. The molecule has 1 aliphatic carbocycles. The van der Waals surface area contributed by atoms with Crippen molar-refractivity contribution in [3.8, 4) is 0 Å². The monoisotopic (exact) mass is 229 g/mol. The molecule has 1 amide bonds. The zero-order valence-electron chi connectivity index (χ0n) is 8.69. The summed E-state index contributed by atoms with van der Waals surface area (Å²) >= 11 is 6.08. The molecule has 0 aromatic rings. The van der Waals surface area contributed by atoms with Crippen molar-refractivity contribution in [2.24, 2.45) is 17.8 Å². The molecule has 2 heterocycles. The molecule has 3 rings (SSSR count). The predicted molar refractivity (Wildman–Crippen MR) is 56.7 cm³/mol. The van der Waals surface area contributed by atoms with E-state index in [0.717, 1.165) is 39.1 Å². The fraction of sp³-hybridized carbons (Fsp3) is 0.909. The fourth-order valence-electron chi connectivity index (χ4n) is 2.94. The molecule has 3 aliphatic rings. The second-order valence-corrected chi connectivity index (χ2v) is 5.53. The second-order valence-electron chi connectivity index (χ2n) is 4.91. The number of fused-ring (bicyclic) bond motifs is 1. The molecule has 3 atom stereocenters. The van der Waals surface area contributed by atoms with E-state index in [-0.39, 0.29) is 11.3 Å². The molecule has 0 N–H and O–H groups in total. The summed E-state index contributed by atoms with van der Waals surface area (Å²) in [5, 5.41) is 0.164. The summed E-state index contributed by atoms with van der Waals surface area (Å²) < 4.78 is 5.30. The van der Waals surface area contributed by atoms with Crippen LogP contribution in [0.5, 0.6) is 0 Å². The number of hydrogen-bond donors (Lipinski definition) is 0. The number of amides is 1. The number of likely N-dealkylation sites (tertiary alicyclic amines) is 1. The van der Waals surface area contributed by atoms with E-state index in [1.165, 1.54) is 0 Å². The molecule has 0 spiro atoms. The summed E-state index contributed by atoms with van der Waals surface area (Å²) in [7, 11) is 0. The van der Waals surface area contributed by atoms with Gasteiger partial charge in [-0.05, 0) is 24.7 Å². The zero-order chi connectivity index (χ0) is 10.4. The third-order valence-electron chi connectivity index (χ3n) is 3.91. The van der Waals surface area contributed by atoms with Crippen LogP contribution in [0.1, 0.15) is 12.8 Å². The molecule has 2 saturated heterocycles. The van der Waals surface area contributed by atoms with Crippen LogP contribution in [0.25, 0.3) is 0 Å². The van der Waals surface area contributed by atoms with Crippen molar-refractivity contribution in [3.05, 3.63) is 0 Å². The summed E-state index contributed by atoms with van der Waals surface area (Å²) in [6, 6.07) is 0. The van der Waals surface area contributed by atoms with Gasteiger partial charge in [-0.3, -0.25) is 4.79 Å². The van der Waals surface area contributed by atoms with Gasteiger partial charge in [0, 0.05) is 19.0 Å². The first-order chi connectivity index (χ1) is 7.27. The molecular weight excluding hydrogens is 214 g/mol. The van der Waals surface area contributed by atoms with Crippen LogP contribution in [0.3, 0.4) is 0 Å². The number of ether oxygens (including phenoxy) is 1. The number of alkyl halides is 1. The summed E-state index contributed by atoms with van der Waals surface area (Å²) in [6.07, 6.45) is 2.10. The molecule has 84 valence electrons. The van der Waals surface area contributed by atoms with Gasteiger partial charge in [0.25, 0.3) is 0 Å². The van der Waals surface area contributed by atoms with E-state index in [2.05, 4.69) is 0 Å². The van der Waals surface area contributed by atoms with Gasteiger partial charge in [-0.1, -0.05) is 0 Å². The first-order valence-electron chi connectivity index (χ1n) is 5.78. The number of rotatable bonds is 1. The van der Waals surface area contributed by atoms with Crippen LogP contribution in [0.2, 0.25) is 0 Å². The van der Waals surface area contributed by atoms with E-state index < -0.39 is 0 Å². The van der Waals surface area contributed by atoms with E-state index in [0.29, 0.717) is 17.7 Å². The number of halogens is 1.